The standard InChI is InChI=1S/C30H40Si5/c1-31(26-16-6-7-17-26)32(2,27-18-8-9-19-27)34(4,29-22-12-13-23-29)35(5,30-24-14-15-25-30)33(31,3)28-20-10-11-21-28/h6-16,18,20,22,24H,17,19,21,23,25H2,1-5H3. The molecule has 0 nitrogen and oxygen atoms in total. The van der Waals surface area contributed by atoms with Crippen LogP contribution < -0.4 is 0 Å². The van der Waals surface area contributed by atoms with Gasteiger partial charge >= 0.3 is 0 Å². The van der Waals surface area contributed by atoms with Gasteiger partial charge in [0.15, 0.2) is 0 Å². The summed E-state index contributed by atoms with van der Waals surface area (Å²) < 4.78 is 0. The Morgan fingerprint density at radius 1 is 0.343 bits per heavy atom. The molecule has 1 fully saturated rings. The van der Waals surface area contributed by atoms with E-state index < -0.39 is 35.5 Å². The number of hydrogen-bond acceptors (Lipinski definition) is 0. The summed E-state index contributed by atoms with van der Waals surface area (Å²) in [6.45, 7) is 14.9. The van der Waals surface area contributed by atoms with Crippen molar-refractivity contribution in [2.24, 2.45) is 0 Å². The fourth-order valence-electron chi connectivity index (χ4n) is 9.80. The Balaban J connectivity index is 1.77. The van der Waals surface area contributed by atoms with Crippen LogP contribution in [0.3, 0.4) is 0 Å². The van der Waals surface area contributed by atoms with Crippen LogP contribution >= 0.6 is 0 Å². The molecule has 0 radical (unpaired) electrons. The SMILES string of the molecule is C[Si]1(C2=CC=CC2)[Si](C)(C2=CC=CC2)[Si](C)(C2=CC=CC2)[Si](C)(C2=CC=CC2)[Si]1(C)C1=CC=CC1. The van der Waals surface area contributed by atoms with Gasteiger partial charge in [0.25, 0.3) is 0 Å². The second-order valence-electron chi connectivity index (χ2n) is 12.2. The minimum atomic E-state index is -1.85. The highest BCUT2D eigenvalue weighted by atomic mass is 30.2. The molecule has 0 saturated carbocycles. The fraction of sp³-hybridized carbons (Fsp3) is 0.333. The third-order valence-electron chi connectivity index (χ3n) is 12.1. The lowest BCUT2D eigenvalue weighted by atomic mass is 10.5. The van der Waals surface area contributed by atoms with Gasteiger partial charge in [-0.2, -0.15) is 0 Å². The van der Waals surface area contributed by atoms with Gasteiger partial charge in [-0.05, 0) is 32.1 Å². The van der Waals surface area contributed by atoms with E-state index in [2.05, 4.69) is 124 Å². The highest BCUT2D eigenvalue weighted by Crippen LogP contribution is 2.65. The Morgan fingerprint density at radius 2 is 0.514 bits per heavy atom. The summed E-state index contributed by atoms with van der Waals surface area (Å²) in [4.78, 5) is 0. The van der Waals surface area contributed by atoms with Crippen molar-refractivity contribution < 1.29 is 0 Å². The van der Waals surface area contributed by atoms with Crippen LogP contribution in [0, 0.1) is 0 Å². The second-order valence-corrected chi connectivity index (χ2v) is 64.2. The van der Waals surface area contributed by atoms with Crippen LogP contribution in [-0.2, 0) is 0 Å². The molecular weight excluding hydrogens is 501 g/mol. The minimum absolute atomic E-state index is 1.23. The number of allylic oxidation sites excluding steroid dienone is 20. The van der Waals surface area contributed by atoms with E-state index in [1.54, 1.807) is 0 Å². The molecule has 0 aromatic heterocycles. The molecule has 5 aliphatic carbocycles. The summed E-state index contributed by atoms with van der Waals surface area (Å²) in [6, 6.07) is 0. The van der Waals surface area contributed by atoms with Crippen LogP contribution in [0.5, 0.6) is 0 Å². The third-order valence-corrected chi connectivity index (χ3v) is 126. The molecule has 0 bridgehead atoms. The van der Waals surface area contributed by atoms with Crippen molar-refractivity contribution in [3.8, 4) is 0 Å². The largest absolute Gasteiger partial charge is 0.0819 e. The van der Waals surface area contributed by atoms with Gasteiger partial charge in [-0.25, -0.2) is 0 Å². The molecule has 6 rings (SSSR count). The maximum atomic E-state index is 2.98. The molecule has 1 aliphatic heterocycles. The summed E-state index contributed by atoms with van der Waals surface area (Å²) in [5.41, 5.74) is 0. The topological polar surface area (TPSA) is 0 Å². The van der Waals surface area contributed by atoms with Crippen molar-refractivity contribution in [3.63, 3.8) is 0 Å². The van der Waals surface area contributed by atoms with Crippen molar-refractivity contribution in [2.75, 3.05) is 0 Å². The first-order valence-corrected chi connectivity index (χ1v) is 31.1. The Bertz CT molecular complexity index is 1050. The van der Waals surface area contributed by atoms with Gasteiger partial charge in [-0.3, -0.25) is 0 Å². The molecule has 0 N–H and O–H groups in total. The third kappa shape index (κ3) is 2.57. The van der Waals surface area contributed by atoms with Gasteiger partial charge in [0.05, 0.1) is 35.5 Å². The summed E-state index contributed by atoms with van der Waals surface area (Å²) in [5, 5.41) is 9.70. The maximum Gasteiger partial charge on any atom is 0.0719 e. The summed E-state index contributed by atoms with van der Waals surface area (Å²) in [6.07, 6.45) is 43.9. The van der Waals surface area contributed by atoms with E-state index in [-0.39, 0.29) is 0 Å². The zero-order valence-electron chi connectivity index (χ0n) is 22.2. The van der Waals surface area contributed by atoms with Crippen molar-refractivity contribution in [3.05, 3.63) is 117 Å². The van der Waals surface area contributed by atoms with Crippen molar-refractivity contribution in [1.82, 2.24) is 0 Å². The van der Waals surface area contributed by atoms with Crippen LogP contribution in [0.4, 0.5) is 0 Å². The maximum absolute atomic E-state index is 2.98. The normalized spacial score (nSPS) is 43.3. The molecular formula is C30H40Si5. The van der Waals surface area contributed by atoms with Crippen molar-refractivity contribution in [2.45, 2.75) is 64.8 Å². The van der Waals surface area contributed by atoms with Gasteiger partial charge in [-0.1, -0.05) is 150 Å². The van der Waals surface area contributed by atoms with Crippen molar-refractivity contribution >= 4 is 35.5 Å². The lowest BCUT2D eigenvalue weighted by molar-refractivity contribution is 1.35. The van der Waals surface area contributed by atoms with Gasteiger partial charge < -0.3 is 0 Å². The van der Waals surface area contributed by atoms with E-state index in [0.717, 1.165) is 0 Å². The first-order valence-electron chi connectivity index (χ1n) is 13.6. The van der Waals surface area contributed by atoms with Crippen molar-refractivity contribution in [1.29, 1.82) is 0 Å². The van der Waals surface area contributed by atoms with E-state index >= 15 is 0 Å². The smallest absolute Gasteiger partial charge is 0.0719 e. The highest BCUT2D eigenvalue weighted by Gasteiger charge is 2.86. The first kappa shape index (κ1) is 23.9. The van der Waals surface area contributed by atoms with E-state index in [4.69, 9.17) is 0 Å². The molecule has 0 spiro atoms. The van der Waals surface area contributed by atoms with Crippen LogP contribution in [0.25, 0.3) is 0 Å². The summed E-state index contributed by atoms with van der Waals surface area (Å²) in [7, 11) is -9.25. The fourth-order valence-corrected chi connectivity index (χ4v) is 210. The Morgan fingerprint density at radius 3 is 0.629 bits per heavy atom. The molecule has 1 saturated heterocycles. The Hall–Kier alpha value is -1.52. The quantitative estimate of drug-likeness (QED) is 0.311. The molecule has 0 unspecified atom stereocenters. The van der Waals surface area contributed by atoms with E-state index in [1.165, 1.54) is 32.1 Å². The molecule has 0 amide bonds. The Labute approximate surface area is 216 Å². The van der Waals surface area contributed by atoms with Gasteiger partial charge in [0, 0.05) is 0 Å². The zero-order chi connectivity index (χ0) is 24.5. The summed E-state index contributed by atoms with van der Waals surface area (Å²) in [5.74, 6) is 0. The predicted octanol–water partition coefficient (Wildman–Crippen LogP) is 7.91. The van der Waals surface area contributed by atoms with Crippen LogP contribution in [0.1, 0.15) is 32.1 Å². The van der Waals surface area contributed by atoms with E-state index in [1.807, 2.05) is 26.0 Å². The molecule has 0 aromatic carbocycles. The molecule has 6 aliphatic rings. The Kier molecular flexibility index (Phi) is 5.45. The minimum Gasteiger partial charge on any atom is -0.0819 e. The highest BCUT2D eigenvalue weighted by molar-refractivity contribution is 8.17. The van der Waals surface area contributed by atoms with Crippen LogP contribution in [0.15, 0.2) is 117 Å². The average Bonchev–Trinajstić information content (AvgIpc) is 3.70. The van der Waals surface area contributed by atoms with E-state index in [9.17, 15) is 0 Å². The average molecular weight is 541 g/mol. The molecule has 35 heavy (non-hydrogen) atoms. The van der Waals surface area contributed by atoms with E-state index in [0.29, 0.717) is 0 Å². The molecule has 180 valence electrons. The predicted molar refractivity (Wildman–Crippen MR) is 167 cm³/mol. The first-order chi connectivity index (χ1) is 16.8. The van der Waals surface area contributed by atoms with Crippen LogP contribution in [0.2, 0.25) is 32.7 Å². The zero-order valence-corrected chi connectivity index (χ0v) is 27.2. The molecule has 0 atom stereocenters. The monoisotopic (exact) mass is 540 g/mol. The number of rotatable bonds is 5. The van der Waals surface area contributed by atoms with Crippen LogP contribution in [-0.4, -0.2) is 35.5 Å². The number of hydrogen-bond donors (Lipinski definition) is 0. The van der Waals surface area contributed by atoms with Gasteiger partial charge in [-0.15, -0.1) is 0 Å². The molecule has 0 aromatic rings. The second kappa shape index (κ2) is 7.99. The summed E-state index contributed by atoms with van der Waals surface area (Å²) >= 11 is 0. The lowest BCUT2D eigenvalue weighted by Gasteiger charge is -2.52. The van der Waals surface area contributed by atoms with Gasteiger partial charge in [0.2, 0.25) is 0 Å². The lowest BCUT2D eigenvalue weighted by Crippen LogP contribution is -2.76. The molecule has 1 heterocycles. The van der Waals surface area contributed by atoms with Gasteiger partial charge in [0.1, 0.15) is 0 Å². The molecule has 5 heteroatoms.